The molecule has 0 aromatic rings. The van der Waals surface area contributed by atoms with Crippen molar-refractivity contribution in [3.8, 4) is 6.57 Å². The van der Waals surface area contributed by atoms with E-state index in [-0.39, 0.29) is 17.8 Å². The van der Waals surface area contributed by atoms with Crippen LogP contribution in [0.1, 0.15) is 79.1 Å². The van der Waals surface area contributed by atoms with E-state index in [1.165, 1.54) is 19.3 Å². The predicted molar refractivity (Wildman–Crippen MR) is 127 cm³/mol. The minimum atomic E-state index is -0.915. The highest BCUT2D eigenvalue weighted by Gasteiger charge is 2.83. The van der Waals surface area contributed by atoms with Crippen LogP contribution in [0.2, 0.25) is 0 Å². The normalized spacial score (nSPS) is 41.9. The molecule has 4 rings (SSSR count). The molecule has 2 bridgehead atoms. The van der Waals surface area contributed by atoms with Gasteiger partial charge in [-0.25, -0.2) is 9.59 Å². The summed E-state index contributed by atoms with van der Waals surface area (Å²) < 4.78 is 18.8. The van der Waals surface area contributed by atoms with Crippen LogP contribution in [0, 0.1) is 30.2 Å². The van der Waals surface area contributed by atoms with Crippen LogP contribution in [-0.2, 0) is 23.8 Å². The molecule has 4 fully saturated rings. The Labute approximate surface area is 203 Å². The molecule has 2 heterocycles. The van der Waals surface area contributed by atoms with Gasteiger partial charge in [-0.2, -0.15) is 0 Å². The van der Waals surface area contributed by atoms with Crippen LogP contribution in [0.25, 0.3) is 4.85 Å². The SMILES string of the molecule is C#[N+]C12C(C)CCC1C1(C)OC(C(C)C)(CC1OC(=O)CO)C2OC(=O)C=CC1CCCCC1. The van der Waals surface area contributed by atoms with Gasteiger partial charge in [-0.3, -0.25) is 0 Å². The molecule has 4 aliphatic rings. The highest BCUT2D eigenvalue weighted by molar-refractivity contribution is 5.82. The van der Waals surface area contributed by atoms with Gasteiger partial charge in [-0.15, -0.1) is 0 Å². The Kier molecular flexibility index (Phi) is 6.87. The van der Waals surface area contributed by atoms with Crippen molar-refractivity contribution in [2.75, 3.05) is 6.61 Å². The molecule has 0 radical (unpaired) electrons. The lowest BCUT2D eigenvalue weighted by atomic mass is 9.64. The van der Waals surface area contributed by atoms with Crippen molar-refractivity contribution in [3.63, 3.8) is 0 Å². The molecule has 188 valence electrons. The number of hydrogen-bond acceptors (Lipinski definition) is 6. The molecule has 7 heteroatoms. The largest absolute Gasteiger partial charge is 0.457 e. The van der Waals surface area contributed by atoms with Crippen molar-refractivity contribution in [3.05, 3.63) is 17.0 Å². The Morgan fingerprint density at radius 2 is 1.88 bits per heavy atom. The number of nitrogens with zero attached hydrogens (tertiary/aromatic N) is 1. The molecule has 0 amide bonds. The molecule has 0 aromatic heterocycles. The van der Waals surface area contributed by atoms with Crippen LogP contribution in [0.15, 0.2) is 12.2 Å². The topological polar surface area (TPSA) is 86.4 Å². The summed E-state index contributed by atoms with van der Waals surface area (Å²) in [4.78, 5) is 29.8. The van der Waals surface area contributed by atoms with E-state index in [0.717, 1.165) is 25.7 Å². The van der Waals surface area contributed by atoms with Gasteiger partial charge < -0.3 is 19.3 Å². The molecule has 7 nitrogen and oxygen atoms in total. The summed E-state index contributed by atoms with van der Waals surface area (Å²) >= 11 is 0. The van der Waals surface area contributed by atoms with Crippen molar-refractivity contribution >= 4 is 11.9 Å². The minimum absolute atomic E-state index is 0.0582. The molecular formula is C27H40NO6+. The van der Waals surface area contributed by atoms with Crippen molar-refractivity contribution in [2.45, 2.75) is 108 Å². The summed E-state index contributed by atoms with van der Waals surface area (Å²) in [5.41, 5.74) is -2.60. The molecule has 7 unspecified atom stereocenters. The number of allylic oxidation sites excluding steroid dienone is 1. The van der Waals surface area contributed by atoms with Crippen LogP contribution in [0.4, 0.5) is 0 Å². The molecule has 0 spiro atoms. The predicted octanol–water partition coefficient (Wildman–Crippen LogP) is 4.27. The van der Waals surface area contributed by atoms with Gasteiger partial charge in [-0.05, 0) is 44.4 Å². The second-order valence-electron chi connectivity index (χ2n) is 11.4. The Morgan fingerprint density at radius 3 is 2.50 bits per heavy atom. The molecular weight excluding hydrogens is 434 g/mol. The van der Waals surface area contributed by atoms with Crippen LogP contribution in [0.3, 0.4) is 0 Å². The number of hydrogen-bond donors (Lipinski definition) is 1. The molecule has 2 aliphatic heterocycles. The first-order chi connectivity index (χ1) is 16.1. The number of carbonyl (C=O) groups is 2. The number of aliphatic hydroxyl groups is 1. The second kappa shape index (κ2) is 9.28. The fraction of sp³-hybridized carbons (Fsp3) is 0.815. The van der Waals surface area contributed by atoms with Gasteiger partial charge >= 0.3 is 17.5 Å². The maximum Gasteiger partial charge on any atom is 0.332 e. The Balaban J connectivity index is 1.71. The summed E-state index contributed by atoms with van der Waals surface area (Å²) in [6.07, 6.45) is 10.1. The van der Waals surface area contributed by atoms with Gasteiger partial charge in [0.2, 0.25) is 6.10 Å². The zero-order valence-corrected chi connectivity index (χ0v) is 21.0. The monoisotopic (exact) mass is 474 g/mol. The van der Waals surface area contributed by atoms with Gasteiger partial charge in [0.1, 0.15) is 23.9 Å². The summed E-state index contributed by atoms with van der Waals surface area (Å²) in [6.45, 7) is 13.6. The standard InChI is InChI=1S/C27H40NO6/c1-17(2)26-15-21(32-23(31)16-29)25(4,34-26)20-13-11-18(3)27(20,28-5)24(26)33-22(30)14-12-19-9-7-6-8-10-19/h5,12,14,17-21,24,29H,6-11,13,15-16H2,1-4H3/q+1. The van der Waals surface area contributed by atoms with Gasteiger partial charge in [0, 0.05) is 18.4 Å². The maximum atomic E-state index is 13.2. The third kappa shape index (κ3) is 3.78. The molecule has 2 saturated carbocycles. The van der Waals surface area contributed by atoms with Gasteiger partial charge in [0.15, 0.2) is 0 Å². The average molecular weight is 475 g/mol. The molecule has 34 heavy (non-hydrogen) atoms. The summed E-state index contributed by atoms with van der Waals surface area (Å²) in [7, 11) is 0. The van der Waals surface area contributed by atoms with Gasteiger partial charge in [0.25, 0.3) is 6.57 Å². The molecule has 1 N–H and O–H groups in total. The van der Waals surface area contributed by atoms with E-state index >= 15 is 0 Å². The van der Waals surface area contributed by atoms with E-state index in [2.05, 4.69) is 11.8 Å². The summed E-state index contributed by atoms with van der Waals surface area (Å²) in [5, 5.41) is 9.33. The van der Waals surface area contributed by atoms with Crippen molar-refractivity contribution in [1.29, 1.82) is 0 Å². The van der Waals surface area contributed by atoms with Crippen LogP contribution in [-0.4, -0.2) is 52.6 Å². The number of fused-ring (bicyclic) bond motifs is 4. The minimum Gasteiger partial charge on any atom is -0.457 e. The van der Waals surface area contributed by atoms with Crippen LogP contribution >= 0.6 is 0 Å². The first-order valence-corrected chi connectivity index (χ1v) is 13.0. The number of rotatable bonds is 6. The van der Waals surface area contributed by atoms with Gasteiger partial charge in [-0.1, -0.05) is 51.0 Å². The third-order valence-electron chi connectivity index (χ3n) is 9.34. The zero-order chi connectivity index (χ0) is 24.7. The van der Waals surface area contributed by atoms with Crippen LogP contribution < -0.4 is 0 Å². The third-order valence-corrected chi connectivity index (χ3v) is 9.34. The molecule has 7 atom stereocenters. The Hall–Kier alpha value is -1.91. The van der Waals surface area contributed by atoms with Gasteiger partial charge in [0.05, 0.1) is 5.92 Å². The Bertz CT molecular complexity index is 873. The van der Waals surface area contributed by atoms with E-state index < -0.39 is 47.5 Å². The summed E-state index contributed by atoms with van der Waals surface area (Å²) in [6, 6.07) is 0. The number of ether oxygens (including phenoxy) is 3. The number of aliphatic hydroxyl groups excluding tert-OH is 1. The molecule has 2 saturated heterocycles. The summed E-state index contributed by atoms with van der Waals surface area (Å²) in [5.74, 6) is -0.864. The first kappa shape index (κ1) is 25.2. The highest BCUT2D eigenvalue weighted by Crippen LogP contribution is 2.66. The fourth-order valence-electron chi connectivity index (χ4n) is 7.45. The van der Waals surface area contributed by atoms with Crippen molar-refractivity contribution < 1.29 is 28.9 Å². The van der Waals surface area contributed by atoms with Crippen LogP contribution in [0.5, 0.6) is 0 Å². The van der Waals surface area contributed by atoms with Crippen molar-refractivity contribution in [1.82, 2.24) is 0 Å². The van der Waals surface area contributed by atoms with E-state index in [9.17, 15) is 14.7 Å². The fourth-order valence-corrected chi connectivity index (χ4v) is 7.45. The smallest absolute Gasteiger partial charge is 0.332 e. The number of esters is 2. The van der Waals surface area contributed by atoms with E-state index in [1.807, 2.05) is 26.8 Å². The van der Waals surface area contributed by atoms with Crippen molar-refractivity contribution in [2.24, 2.45) is 23.7 Å². The van der Waals surface area contributed by atoms with E-state index in [4.69, 9.17) is 20.8 Å². The second-order valence-corrected chi connectivity index (χ2v) is 11.4. The Morgan fingerprint density at radius 1 is 1.18 bits per heavy atom. The van der Waals surface area contributed by atoms with E-state index in [0.29, 0.717) is 12.3 Å². The molecule has 0 aromatic carbocycles. The number of carbonyl (C=O) groups excluding carboxylic acids is 2. The van der Waals surface area contributed by atoms with E-state index in [1.54, 1.807) is 6.08 Å². The maximum absolute atomic E-state index is 13.2. The lowest BCUT2D eigenvalue weighted by Gasteiger charge is -2.51. The average Bonchev–Trinajstić information content (AvgIpc) is 3.31. The molecule has 2 aliphatic carbocycles. The lowest BCUT2D eigenvalue weighted by Crippen LogP contribution is -2.70. The highest BCUT2D eigenvalue weighted by atomic mass is 16.6. The zero-order valence-electron chi connectivity index (χ0n) is 21.0. The quantitative estimate of drug-likeness (QED) is 0.457. The first-order valence-electron chi connectivity index (χ1n) is 13.0. The lowest BCUT2D eigenvalue weighted by molar-refractivity contribution is -0.263.